The molecular weight excluding hydrogens is 312 g/mol. The number of carbonyl (C=O) groups is 1. The summed E-state index contributed by atoms with van der Waals surface area (Å²) in [4.78, 5) is 18.8. The molecule has 4 rings (SSSR count). The third kappa shape index (κ3) is 3.16. The molecule has 2 aliphatic carbocycles. The molecule has 2 atom stereocenters. The van der Waals surface area contributed by atoms with Crippen molar-refractivity contribution in [2.45, 2.75) is 19.3 Å². The number of nitrogens with one attached hydrogen (secondary N) is 1. The third-order valence-electron chi connectivity index (χ3n) is 4.65. The topological polar surface area (TPSA) is 66.8 Å². The highest BCUT2D eigenvalue weighted by Gasteiger charge is 2.38. The highest BCUT2D eigenvalue weighted by Crippen LogP contribution is 2.40. The number of hydrogen-bond donors (Lipinski definition) is 1. The molecular formula is C16H20N4O2S. The zero-order chi connectivity index (χ0) is 15.6. The molecule has 1 aromatic heterocycles. The van der Waals surface area contributed by atoms with Crippen LogP contribution in [0.5, 0.6) is 0 Å². The standard InChI is InChI=1S/C16H20N4O2S/c21-15(19-18-14-8-11-2-1-3-13(11)14)9-12-10-23-16(17-12)20-4-6-22-7-5-20/h1-2,10-11,13H,3-9H2,(H,19,21)/b18-14-/t11-,13-/m1/s1. The van der Waals surface area contributed by atoms with Crippen LogP contribution in [0.1, 0.15) is 18.5 Å². The van der Waals surface area contributed by atoms with Crippen molar-refractivity contribution in [1.82, 2.24) is 10.4 Å². The average Bonchev–Trinajstić information content (AvgIpc) is 3.16. The van der Waals surface area contributed by atoms with Gasteiger partial charge in [-0.05, 0) is 18.8 Å². The second kappa shape index (κ2) is 6.41. The number of fused-ring (bicyclic) bond motifs is 1. The predicted octanol–water partition coefficient (Wildman–Crippen LogP) is 1.59. The zero-order valence-electron chi connectivity index (χ0n) is 12.9. The van der Waals surface area contributed by atoms with Crippen LogP contribution in [0.2, 0.25) is 0 Å². The number of nitrogens with zero attached hydrogens (tertiary/aromatic N) is 3. The van der Waals surface area contributed by atoms with Crippen molar-refractivity contribution in [1.29, 1.82) is 0 Å². The second-order valence-electron chi connectivity index (χ2n) is 6.17. The summed E-state index contributed by atoms with van der Waals surface area (Å²) in [5.74, 6) is 1.09. The summed E-state index contributed by atoms with van der Waals surface area (Å²) in [6.45, 7) is 3.21. The number of thiazole rings is 1. The van der Waals surface area contributed by atoms with Crippen molar-refractivity contribution in [2.75, 3.05) is 31.2 Å². The molecule has 6 nitrogen and oxygen atoms in total. The number of aromatic nitrogens is 1. The van der Waals surface area contributed by atoms with Gasteiger partial charge in [-0.2, -0.15) is 5.10 Å². The molecule has 1 aliphatic heterocycles. The molecule has 0 unspecified atom stereocenters. The van der Waals surface area contributed by atoms with Crippen LogP contribution in [0.25, 0.3) is 0 Å². The first-order valence-electron chi connectivity index (χ1n) is 8.08. The average molecular weight is 332 g/mol. The molecule has 0 aromatic carbocycles. The van der Waals surface area contributed by atoms with E-state index in [-0.39, 0.29) is 12.3 Å². The molecule has 7 heteroatoms. The van der Waals surface area contributed by atoms with Gasteiger partial charge in [0.2, 0.25) is 5.91 Å². The van der Waals surface area contributed by atoms with Gasteiger partial charge in [-0.3, -0.25) is 4.79 Å². The summed E-state index contributed by atoms with van der Waals surface area (Å²) in [7, 11) is 0. The van der Waals surface area contributed by atoms with Crippen molar-refractivity contribution < 1.29 is 9.53 Å². The van der Waals surface area contributed by atoms with Crippen LogP contribution in [0.3, 0.4) is 0 Å². The van der Waals surface area contributed by atoms with Crippen molar-refractivity contribution >= 4 is 28.1 Å². The summed E-state index contributed by atoms with van der Waals surface area (Å²) in [6.07, 6.45) is 6.80. The maximum atomic E-state index is 12.0. The van der Waals surface area contributed by atoms with E-state index < -0.39 is 0 Å². The Labute approximate surface area is 139 Å². The Hall–Kier alpha value is -1.73. The number of amides is 1. The van der Waals surface area contributed by atoms with E-state index in [9.17, 15) is 4.79 Å². The highest BCUT2D eigenvalue weighted by atomic mass is 32.1. The second-order valence-corrected chi connectivity index (χ2v) is 7.01. The maximum absolute atomic E-state index is 12.0. The van der Waals surface area contributed by atoms with E-state index in [0.29, 0.717) is 11.8 Å². The van der Waals surface area contributed by atoms with Gasteiger partial charge in [0.1, 0.15) is 0 Å². The number of morpholine rings is 1. The molecule has 1 N–H and O–H groups in total. The number of anilines is 1. The lowest BCUT2D eigenvalue weighted by Crippen LogP contribution is -2.36. The molecule has 1 saturated carbocycles. The molecule has 1 amide bonds. The molecule has 0 radical (unpaired) electrons. The third-order valence-corrected chi connectivity index (χ3v) is 5.60. The largest absolute Gasteiger partial charge is 0.378 e. The van der Waals surface area contributed by atoms with Crippen LogP contribution >= 0.6 is 11.3 Å². The summed E-state index contributed by atoms with van der Waals surface area (Å²) >= 11 is 1.59. The Bertz CT molecular complexity index is 648. The van der Waals surface area contributed by atoms with Crippen LogP contribution in [-0.4, -0.2) is 42.9 Å². The van der Waals surface area contributed by atoms with E-state index in [1.165, 1.54) is 0 Å². The van der Waals surface area contributed by atoms with Gasteiger partial charge in [-0.1, -0.05) is 12.2 Å². The van der Waals surface area contributed by atoms with E-state index in [1.807, 2.05) is 5.38 Å². The summed E-state index contributed by atoms with van der Waals surface area (Å²) < 4.78 is 5.34. The number of carbonyl (C=O) groups excluding carboxylic acids is 1. The lowest BCUT2D eigenvalue weighted by molar-refractivity contribution is -0.120. The first kappa shape index (κ1) is 14.8. The highest BCUT2D eigenvalue weighted by molar-refractivity contribution is 7.13. The van der Waals surface area contributed by atoms with Crippen LogP contribution in [0.15, 0.2) is 22.6 Å². The Balaban J connectivity index is 1.29. The lowest BCUT2D eigenvalue weighted by atomic mass is 9.74. The number of rotatable bonds is 4. The van der Waals surface area contributed by atoms with Gasteiger partial charge >= 0.3 is 0 Å². The molecule has 0 bridgehead atoms. The van der Waals surface area contributed by atoms with Gasteiger partial charge in [0.05, 0.1) is 25.3 Å². The van der Waals surface area contributed by atoms with Crippen molar-refractivity contribution in [3.05, 3.63) is 23.2 Å². The number of hydrogen-bond acceptors (Lipinski definition) is 6. The van der Waals surface area contributed by atoms with E-state index in [1.54, 1.807) is 11.3 Å². The van der Waals surface area contributed by atoms with Crippen LogP contribution in [-0.2, 0) is 16.0 Å². The molecule has 23 heavy (non-hydrogen) atoms. The van der Waals surface area contributed by atoms with E-state index in [4.69, 9.17) is 4.74 Å². The fourth-order valence-electron chi connectivity index (χ4n) is 3.28. The number of allylic oxidation sites excluding steroid dienone is 2. The number of hydrazone groups is 1. The van der Waals surface area contributed by atoms with Crippen molar-refractivity contribution in [3.8, 4) is 0 Å². The van der Waals surface area contributed by atoms with E-state index in [2.05, 4.69) is 32.6 Å². The minimum absolute atomic E-state index is 0.0919. The first-order valence-corrected chi connectivity index (χ1v) is 8.96. The summed E-state index contributed by atoms with van der Waals surface area (Å²) in [5, 5.41) is 7.22. The summed E-state index contributed by atoms with van der Waals surface area (Å²) in [6, 6.07) is 0. The monoisotopic (exact) mass is 332 g/mol. The maximum Gasteiger partial charge on any atom is 0.246 e. The van der Waals surface area contributed by atoms with Gasteiger partial charge in [-0.25, -0.2) is 10.4 Å². The van der Waals surface area contributed by atoms with Gasteiger partial charge in [0.15, 0.2) is 5.13 Å². The van der Waals surface area contributed by atoms with Crippen molar-refractivity contribution in [2.24, 2.45) is 16.9 Å². The minimum Gasteiger partial charge on any atom is -0.378 e. The number of ether oxygens (including phenoxy) is 1. The predicted molar refractivity (Wildman–Crippen MR) is 89.8 cm³/mol. The van der Waals surface area contributed by atoms with E-state index in [0.717, 1.165) is 55.7 Å². The minimum atomic E-state index is -0.0919. The quantitative estimate of drug-likeness (QED) is 0.672. The summed E-state index contributed by atoms with van der Waals surface area (Å²) in [5.41, 5.74) is 4.62. The molecule has 1 aromatic rings. The first-order chi connectivity index (χ1) is 11.3. The zero-order valence-corrected chi connectivity index (χ0v) is 13.7. The Morgan fingerprint density at radius 3 is 3.17 bits per heavy atom. The Kier molecular flexibility index (Phi) is 4.13. The Morgan fingerprint density at radius 1 is 1.48 bits per heavy atom. The fraction of sp³-hybridized carbons (Fsp3) is 0.562. The van der Waals surface area contributed by atoms with Gasteiger partial charge in [0, 0.05) is 30.1 Å². The molecule has 1 saturated heterocycles. The van der Waals surface area contributed by atoms with Gasteiger partial charge in [0.25, 0.3) is 0 Å². The molecule has 3 aliphatic rings. The van der Waals surface area contributed by atoms with E-state index >= 15 is 0 Å². The normalized spacial score (nSPS) is 27.8. The van der Waals surface area contributed by atoms with Crippen LogP contribution < -0.4 is 10.3 Å². The van der Waals surface area contributed by atoms with Gasteiger partial charge < -0.3 is 9.64 Å². The van der Waals surface area contributed by atoms with Crippen molar-refractivity contribution in [3.63, 3.8) is 0 Å². The lowest BCUT2D eigenvalue weighted by Gasteiger charge is -2.31. The molecule has 2 fully saturated rings. The fourth-order valence-corrected chi connectivity index (χ4v) is 4.16. The van der Waals surface area contributed by atoms with Gasteiger partial charge in [-0.15, -0.1) is 11.3 Å². The smallest absolute Gasteiger partial charge is 0.246 e. The molecule has 2 heterocycles. The molecule has 122 valence electrons. The Morgan fingerprint density at radius 2 is 2.35 bits per heavy atom. The SMILES string of the molecule is O=C(Cc1csc(N2CCOCC2)n1)N/N=C1/C[C@H]2C=CC[C@@H]12. The molecule has 0 spiro atoms. The van der Waals surface area contributed by atoms with Crippen LogP contribution in [0.4, 0.5) is 5.13 Å². The van der Waals surface area contributed by atoms with Crippen LogP contribution in [0, 0.1) is 11.8 Å².